The molecule has 2 bridgehead atoms. The molecule has 5 nitrogen and oxygen atoms in total. The molecule has 3 unspecified atom stereocenters. The predicted octanol–water partition coefficient (Wildman–Crippen LogP) is 2.65. The SMILES string of the molecule is O=C(C1CC2C=CC1C2)N1CCC(c2nnc3ccccn23)CC1. The smallest absolute Gasteiger partial charge is 0.226 e. The quantitative estimate of drug-likeness (QED) is 0.799. The molecule has 3 atom stereocenters. The van der Waals surface area contributed by atoms with Crippen molar-refractivity contribution in [3.8, 4) is 0 Å². The Balaban J connectivity index is 1.27. The lowest BCUT2D eigenvalue weighted by Crippen LogP contribution is -2.42. The molecule has 2 aromatic rings. The zero-order chi connectivity index (χ0) is 16.1. The normalized spacial score (nSPS) is 29.7. The summed E-state index contributed by atoms with van der Waals surface area (Å²) in [6, 6.07) is 5.98. The summed E-state index contributed by atoms with van der Waals surface area (Å²) in [5.74, 6) is 3.22. The van der Waals surface area contributed by atoms with Gasteiger partial charge in [-0.15, -0.1) is 10.2 Å². The van der Waals surface area contributed by atoms with Crippen molar-refractivity contribution in [2.45, 2.75) is 31.6 Å². The number of nitrogens with zero attached hydrogens (tertiary/aromatic N) is 4. The van der Waals surface area contributed by atoms with E-state index in [1.54, 1.807) is 0 Å². The van der Waals surface area contributed by atoms with Gasteiger partial charge in [-0.25, -0.2) is 0 Å². The van der Waals surface area contributed by atoms with Gasteiger partial charge in [0, 0.05) is 31.1 Å². The highest BCUT2D eigenvalue weighted by Crippen LogP contribution is 2.44. The Morgan fingerprint density at radius 2 is 1.96 bits per heavy atom. The summed E-state index contributed by atoms with van der Waals surface area (Å²) in [4.78, 5) is 15.0. The Kier molecular flexibility index (Phi) is 3.21. The molecule has 1 aliphatic heterocycles. The number of amides is 1. The number of pyridine rings is 1. The number of aromatic nitrogens is 3. The minimum Gasteiger partial charge on any atom is -0.342 e. The fraction of sp³-hybridized carbons (Fsp3) is 0.526. The predicted molar refractivity (Wildman–Crippen MR) is 90.4 cm³/mol. The molecule has 0 N–H and O–H groups in total. The van der Waals surface area contributed by atoms with Gasteiger partial charge in [0.15, 0.2) is 5.65 Å². The Hall–Kier alpha value is -2.17. The third-order valence-corrected chi connectivity index (χ3v) is 6.11. The van der Waals surface area contributed by atoms with Crippen molar-refractivity contribution in [1.29, 1.82) is 0 Å². The highest BCUT2D eigenvalue weighted by molar-refractivity contribution is 5.80. The molecule has 0 spiro atoms. The second kappa shape index (κ2) is 5.43. The van der Waals surface area contributed by atoms with E-state index in [2.05, 4.69) is 31.7 Å². The summed E-state index contributed by atoms with van der Waals surface area (Å²) in [5, 5.41) is 8.66. The topological polar surface area (TPSA) is 50.5 Å². The minimum atomic E-state index is 0.241. The van der Waals surface area contributed by atoms with Crippen LogP contribution in [0.1, 0.15) is 37.4 Å². The molecule has 0 aromatic carbocycles. The van der Waals surface area contributed by atoms with Crippen molar-refractivity contribution in [2.24, 2.45) is 17.8 Å². The van der Waals surface area contributed by atoms with Crippen LogP contribution in [-0.2, 0) is 4.79 Å². The molecule has 2 aromatic heterocycles. The molecule has 2 aliphatic carbocycles. The molecule has 0 radical (unpaired) electrons. The zero-order valence-electron chi connectivity index (χ0n) is 13.7. The summed E-state index contributed by atoms with van der Waals surface area (Å²) < 4.78 is 2.09. The zero-order valence-corrected chi connectivity index (χ0v) is 13.7. The number of hydrogen-bond donors (Lipinski definition) is 0. The van der Waals surface area contributed by atoms with E-state index in [0.717, 1.165) is 43.8 Å². The fourth-order valence-electron chi connectivity index (χ4n) is 4.80. The van der Waals surface area contributed by atoms with Gasteiger partial charge in [0.2, 0.25) is 5.91 Å². The van der Waals surface area contributed by atoms with Crippen LogP contribution in [0.4, 0.5) is 0 Å². The van der Waals surface area contributed by atoms with E-state index in [-0.39, 0.29) is 5.92 Å². The van der Waals surface area contributed by atoms with Gasteiger partial charge in [-0.1, -0.05) is 18.2 Å². The van der Waals surface area contributed by atoms with E-state index < -0.39 is 0 Å². The summed E-state index contributed by atoms with van der Waals surface area (Å²) in [7, 11) is 0. The molecule has 5 heteroatoms. The van der Waals surface area contributed by atoms with Crippen LogP contribution in [0.15, 0.2) is 36.5 Å². The van der Waals surface area contributed by atoms with Crippen molar-refractivity contribution in [3.05, 3.63) is 42.4 Å². The monoisotopic (exact) mass is 322 g/mol. The first-order valence-corrected chi connectivity index (χ1v) is 9.06. The van der Waals surface area contributed by atoms with E-state index in [9.17, 15) is 4.79 Å². The van der Waals surface area contributed by atoms with E-state index in [4.69, 9.17) is 0 Å². The van der Waals surface area contributed by atoms with E-state index in [1.807, 2.05) is 24.4 Å². The van der Waals surface area contributed by atoms with Gasteiger partial charge in [-0.3, -0.25) is 9.20 Å². The molecule has 1 saturated carbocycles. The van der Waals surface area contributed by atoms with E-state index >= 15 is 0 Å². The van der Waals surface area contributed by atoms with Gasteiger partial charge >= 0.3 is 0 Å². The second-order valence-corrected chi connectivity index (χ2v) is 7.47. The van der Waals surface area contributed by atoms with Crippen LogP contribution in [0.2, 0.25) is 0 Å². The number of carbonyl (C=O) groups excluding carboxylic acids is 1. The van der Waals surface area contributed by atoms with Gasteiger partial charge in [-0.2, -0.15) is 0 Å². The average Bonchev–Trinajstić information content (AvgIpc) is 3.36. The van der Waals surface area contributed by atoms with Gasteiger partial charge in [0.1, 0.15) is 5.82 Å². The molecule has 3 heterocycles. The first-order valence-electron chi connectivity index (χ1n) is 9.06. The molecule has 2 fully saturated rings. The maximum absolute atomic E-state index is 12.9. The van der Waals surface area contributed by atoms with Crippen LogP contribution in [0, 0.1) is 17.8 Å². The van der Waals surface area contributed by atoms with Gasteiger partial charge < -0.3 is 4.90 Å². The average molecular weight is 322 g/mol. The summed E-state index contributed by atoms with van der Waals surface area (Å²) in [6.45, 7) is 1.70. The fourth-order valence-corrected chi connectivity index (χ4v) is 4.80. The van der Waals surface area contributed by atoms with Gasteiger partial charge in [-0.05, 0) is 49.7 Å². The molecule has 5 rings (SSSR count). The Morgan fingerprint density at radius 1 is 1.08 bits per heavy atom. The van der Waals surface area contributed by atoms with Crippen LogP contribution in [0.5, 0.6) is 0 Å². The first kappa shape index (κ1) is 14.2. The van der Waals surface area contributed by atoms with Crippen LogP contribution in [0.3, 0.4) is 0 Å². The molecule has 1 amide bonds. The molecule has 3 aliphatic rings. The molecule has 124 valence electrons. The maximum atomic E-state index is 12.9. The Bertz CT molecular complexity index is 803. The Morgan fingerprint density at radius 3 is 2.71 bits per heavy atom. The summed E-state index contributed by atoms with van der Waals surface area (Å²) in [5.41, 5.74) is 0.903. The second-order valence-electron chi connectivity index (χ2n) is 7.47. The number of hydrogen-bond acceptors (Lipinski definition) is 3. The highest BCUT2D eigenvalue weighted by atomic mass is 16.2. The number of carbonyl (C=O) groups is 1. The van der Waals surface area contributed by atoms with Gasteiger partial charge in [0.05, 0.1) is 0 Å². The Labute approximate surface area is 141 Å². The minimum absolute atomic E-state index is 0.241. The van der Waals surface area contributed by atoms with Crippen LogP contribution in [-0.4, -0.2) is 38.5 Å². The van der Waals surface area contributed by atoms with E-state index in [1.165, 1.54) is 6.42 Å². The number of rotatable bonds is 2. The molecular formula is C19H22N4O. The van der Waals surface area contributed by atoms with Crippen molar-refractivity contribution in [2.75, 3.05) is 13.1 Å². The summed E-state index contributed by atoms with van der Waals surface area (Å²) in [6.07, 6.45) is 10.8. The lowest BCUT2D eigenvalue weighted by Gasteiger charge is -2.34. The number of piperidine rings is 1. The highest BCUT2D eigenvalue weighted by Gasteiger charge is 2.42. The largest absolute Gasteiger partial charge is 0.342 e. The standard InChI is InChI=1S/C19H22N4O/c24-19(16-12-13-4-5-15(16)11-13)22-9-6-14(7-10-22)18-21-20-17-3-1-2-8-23(17)18/h1-5,8,13-16H,6-7,9-12H2. The third kappa shape index (κ3) is 2.18. The van der Waals surface area contributed by atoms with Crippen molar-refractivity contribution in [3.63, 3.8) is 0 Å². The van der Waals surface area contributed by atoms with Crippen LogP contribution >= 0.6 is 0 Å². The molecule has 24 heavy (non-hydrogen) atoms. The van der Waals surface area contributed by atoms with Crippen LogP contribution in [0.25, 0.3) is 5.65 Å². The van der Waals surface area contributed by atoms with Crippen molar-refractivity contribution < 1.29 is 4.79 Å². The van der Waals surface area contributed by atoms with Crippen molar-refractivity contribution >= 4 is 11.6 Å². The lowest BCUT2D eigenvalue weighted by molar-refractivity contribution is -0.137. The van der Waals surface area contributed by atoms with Crippen LogP contribution < -0.4 is 0 Å². The maximum Gasteiger partial charge on any atom is 0.226 e. The third-order valence-electron chi connectivity index (χ3n) is 6.11. The van der Waals surface area contributed by atoms with Crippen molar-refractivity contribution in [1.82, 2.24) is 19.5 Å². The number of likely N-dealkylation sites (tertiary alicyclic amines) is 1. The first-order chi connectivity index (χ1) is 11.8. The molecular weight excluding hydrogens is 300 g/mol. The van der Waals surface area contributed by atoms with E-state index in [0.29, 0.717) is 23.7 Å². The van der Waals surface area contributed by atoms with Gasteiger partial charge in [0.25, 0.3) is 0 Å². The lowest BCUT2D eigenvalue weighted by atomic mass is 9.90. The summed E-state index contributed by atoms with van der Waals surface area (Å²) >= 11 is 0. The number of allylic oxidation sites excluding steroid dienone is 2. The number of fused-ring (bicyclic) bond motifs is 3. The molecule has 1 saturated heterocycles.